The van der Waals surface area contributed by atoms with Crippen molar-refractivity contribution in [1.82, 2.24) is 18.9 Å². The molecule has 22 heavy (non-hydrogen) atoms. The zero-order valence-electron chi connectivity index (χ0n) is 11.2. The van der Waals surface area contributed by atoms with E-state index < -0.39 is 11.2 Å². The van der Waals surface area contributed by atoms with E-state index in [1.165, 1.54) is 4.57 Å². The Balaban J connectivity index is 2.15. The lowest BCUT2D eigenvalue weighted by Crippen LogP contribution is -2.29. The van der Waals surface area contributed by atoms with Gasteiger partial charge >= 0.3 is 5.69 Å². The standard InChI is InChI=1S/C15H9ClN4O2/c16-9-1-2-11-12(7-9)20(15(22)18-14(11)21)10-3-5-19-6-4-17-13(19)8-10/h1-8H,(H,18,21,22). The summed E-state index contributed by atoms with van der Waals surface area (Å²) < 4.78 is 3.24. The van der Waals surface area contributed by atoms with Crippen LogP contribution in [0.5, 0.6) is 0 Å². The number of nitrogens with zero attached hydrogens (tertiary/aromatic N) is 3. The highest BCUT2D eigenvalue weighted by atomic mass is 35.5. The Morgan fingerprint density at radius 1 is 1.09 bits per heavy atom. The van der Waals surface area contributed by atoms with Gasteiger partial charge in [0.15, 0.2) is 0 Å². The van der Waals surface area contributed by atoms with E-state index in [1.54, 1.807) is 42.7 Å². The van der Waals surface area contributed by atoms with Crippen LogP contribution in [-0.2, 0) is 0 Å². The Labute approximate surface area is 128 Å². The van der Waals surface area contributed by atoms with E-state index in [1.807, 2.05) is 10.6 Å². The van der Waals surface area contributed by atoms with E-state index in [0.29, 0.717) is 27.3 Å². The van der Waals surface area contributed by atoms with E-state index >= 15 is 0 Å². The van der Waals surface area contributed by atoms with Crippen molar-refractivity contribution in [3.63, 3.8) is 0 Å². The minimum atomic E-state index is -0.518. The first kappa shape index (κ1) is 12.8. The fourth-order valence-corrected chi connectivity index (χ4v) is 2.67. The number of aromatic nitrogens is 4. The quantitative estimate of drug-likeness (QED) is 0.584. The lowest BCUT2D eigenvalue weighted by atomic mass is 10.2. The third-order valence-electron chi connectivity index (χ3n) is 3.51. The van der Waals surface area contributed by atoms with Crippen molar-refractivity contribution >= 4 is 28.2 Å². The highest BCUT2D eigenvalue weighted by molar-refractivity contribution is 6.31. The third kappa shape index (κ3) is 1.85. The van der Waals surface area contributed by atoms with E-state index in [0.717, 1.165) is 0 Å². The Kier molecular flexibility index (Phi) is 2.67. The molecule has 4 aromatic rings. The number of benzene rings is 1. The minimum Gasteiger partial charge on any atom is -0.307 e. The maximum absolute atomic E-state index is 12.3. The van der Waals surface area contributed by atoms with Gasteiger partial charge in [-0.2, -0.15) is 0 Å². The molecule has 0 aliphatic heterocycles. The second-order valence-electron chi connectivity index (χ2n) is 4.83. The molecule has 1 aromatic carbocycles. The topological polar surface area (TPSA) is 72.2 Å². The number of hydrogen-bond donors (Lipinski definition) is 1. The van der Waals surface area contributed by atoms with Gasteiger partial charge in [0.05, 0.1) is 16.6 Å². The van der Waals surface area contributed by atoms with Gasteiger partial charge in [-0.05, 0) is 24.3 Å². The number of imidazole rings is 1. The molecule has 4 rings (SSSR count). The van der Waals surface area contributed by atoms with Crippen molar-refractivity contribution in [2.45, 2.75) is 0 Å². The monoisotopic (exact) mass is 312 g/mol. The second kappa shape index (κ2) is 4.57. The van der Waals surface area contributed by atoms with Crippen molar-refractivity contribution in [3.8, 4) is 5.69 Å². The summed E-state index contributed by atoms with van der Waals surface area (Å²) in [4.78, 5) is 30.7. The molecular formula is C15H9ClN4O2. The minimum absolute atomic E-state index is 0.396. The number of H-pyrrole nitrogens is 1. The summed E-state index contributed by atoms with van der Waals surface area (Å²) in [7, 11) is 0. The van der Waals surface area contributed by atoms with Gasteiger partial charge in [0.25, 0.3) is 5.56 Å². The molecular weight excluding hydrogens is 304 g/mol. The van der Waals surface area contributed by atoms with Gasteiger partial charge in [0, 0.05) is 29.7 Å². The van der Waals surface area contributed by atoms with Crippen molar-refractivity contribution in [2.24, 2.45) is 0 Å². The maximum atomic E-state index is 12.3. The SMILES string of the molecule is O=c1[nH]c(=O)n(-c2ccn3ccnc3c2)c2cc(Cl)ccc12. The molecule has 0 bridgehead atoms. The molecule has 0 saturated heterocycles. The highest BCUT2D eigenvalue weighted by Gasteiger charge is 2.10. The first-order valence-electron chi connectivity index (χ1n) is 6.51. The van der Waals surface area contributed by atoms with Gasteiger partial charge < -0.3 is 4.40 Å². The summed E-state index contributed by atoms with van der Waals surface area (Å²) in [6.07, 6.45) is 5.28. The van der Waals surface area contributed by atoms with Crippen LogP contribution in [0.2, 0.25) is 5.02 Å². The van der Waals surface area contributed by atoms with Gasteiger partial charge in [-0.25, -0.2) is 9.78 Å². The van der Waals surface area contributed by atoms with Gasteiger partial charge in [0.1, 0.15) is 5.65 Å². The second-order valence-corrected chi connectivity index (χ2v) is 5.27. The molecule has 108 valence electrons. The molecule has 0 unspecified atom stereocenters. The Hall–Kier alpha value is -2.86. The predicted octanol–water partition coefficient (Wildman–Crippen LogP) is 1.98. The third-order valence-corrected chi connectivity index (χ3v) is 3.74. The summed E-state index contributed by atoms with van der Waals surface area (Å²) in [5.74, 6) is 0. The molecule has 0 amide bonds. The molecule has 1 N–H and O–H groups in total. The fraction of sp³-hybridized carbons (Fsp3) is 0. The summed E-state index contributed by atoms with van der Waals surface area (Å²) in [5, 5.41) is 0.848. The lowest BCUT2D eigenvalue weighted by molar-refractivity contribution is 0.939. The Morgan fingerprint density at radius 3 is 2.82 bits per heavy atom. The molecule has 0 fully saturated rings. The number of rotatable bonds is 1. The zero-order valence-corrected chi connectivity index (χ0v) is 11.9. The fourth-order valence-electron chi connectivity index (χ4n) is 2.51. The summed E-state index contributed by atoms with van der Waals surface area (Å²) in [6, 6.07) is 8.35. The van der Waals surface area contributed by atoms with Crippen LogP contribution in [0.15, 0.2) is 58.5 Å². The van der Waals surface area contributed by atoms with Crippen molar-refractivity contribution < 1.29 is 0 Å². The van der Waals surface area contributed by atoms with E-state index in [-0.39, 0.29) is 0 Å². The highest BCUT2D eigenvalue weighted by Crippen LogP contribution is 2.19. The van der Waals surface area contributed by atoms with Crippen LogP contribution in [-0.4, -0.2) is 18.9 Å². The molecule has 0 radical (unpaired) electrons. The van der Waals surface area contributed by atoms with Crippen LogP contribution in [0, 0.1) is 0 Å². The van der Waals surface area contributed by atoms with E-state index in [2.05, 4.69) is 9.97 Å². The van der Waals surface area contributed by atoms with E-state index in [4.69, 9.17) is 11.6 Å². The predicted molar refractivity (Wildman–Crippen MR) is 83.9 cm³/mol. The van der Waals surface area contributed by atoms with Gasteiger partial charge in [-0.15, -0.1) is 0 Å². The van der Waals surface area contributed by atoms with Gasteiger partial charge in [0.2, 0.25) is 0 Å². The van der Waals surface area contributed by atoms with Gasteiger partial charge in [-0.1, -0.05) is 11.6 Å². The smallest absolute Gasteiger partial charge is 0.307 e. The Bertz CT molecular complexity index is 1140. The van der Waals surface area contributed by atoms with Crippen LogP contribution >= 0.6 is 11.6 Å². The molecule has 0 aliphatic rings. The van der Waals surface area contributed by atoms with Crippen LogP contribution < -0.4 is 11.2 Å². The molecule has 3 heterocycles. The first-order valence-corrected chi connectivity index (χ1v) is 6.89. The number of halogens is 1. The molecule has 0 spiro atoms. The molecule has 0 saturated carbocycles. The van der Waals surface area contributed by atoms with Gasteiger partial charge in [-0.3, -0.25) is 14.3 Å². The maximum Gasteiger partial charge on any atom is 0.333 e. The van der Waals surface area contributed by atoms with Crippen molar-refractivity contribution in [2.75, 3.05) is 0 Å². The summed E-state index contributed by atoms with van der Waals surface area (Å²) >= 11 is 6.02. The average molecular weight is 313 g/mol. The van der Waals surface area contributed by atoms with E-state index in [9.17, 15) is 9.59 Å². The number of fused-ring (bicyclic) bond motifs is 2. The molecule has 6 nitrogen and oxygen atoms in total. The largest absolute Gasteiger partial charge is 0.333 e. The normalized spacial score (nSPS) is 11.3. The van der Waals surface area contributed by atoms with Crippen LogP contribution in [0.3, 0.4) is 0 Å². The molecule has 7 heteroatoms. The molecule has 0 atom stereocenters. The number of aromatic amines is 1. The zero-order chi connectivity index (χ0) is 15.3. The molecule has 3 aromatic heterocycles. The summed E-state index contributed by atoms with van der Waals surface area (Å²) in [5.41, 5.74) is 0.806. The number of hydrogen-bond acceptors (Lipinski definition) is 3. The van der Waals surface area contributed by atoms with Crippen LogP contribution in [0.1, 0.15) is 0 Å². The Morgan fingerprint density at radius 2 is 1.95 bits per heavy atom. The average Bonchev–Trinajstić information content (AvgIpc) is 2.94. The summed E-state index contributed by atoms with van der Waals surface area (Å²) in [6.45, 7) is 0. The lowest BCUT2D eigenvalue weighted by Gasteiger charge is -2.10. The number of nitrogens with one attached hydrogen (secondary N) is 1. The van der Waals surface area contributed by atoms with Crippen LogP contribution in [0.25, 0.3) is 22.2 Å². The van der Waals surface area contributed by atoms with Crippen LogP contribution in [0.4, 0.5) is 0 Å². The first-order chi connectivity index (χ1) is 10.6. The molecule has 0 aliphatic carbocycles. The number of pyridine rings is 1. The van der Waals surface area contributed by atoms with Crippen molar-refractivity contribution in [3.05, 3.63) is 74.8 Å². The van der Waals surface area contributed by atoms with Crippen molar-refractivity contribution in [1.29, 1.82) is 0 Å².